The Morgan fingerprint density at radius 1 is 0.966 bits per heavy atom. The number of aryl methyl sites for hydroxylation is 2. The molecule has 3 fully saturated rings. The number of anilines is 1. The van der Waals surface area contributed by atoms with Gasteiger partial charge in [-0.25, -0.2) is 22.2 Å². The molecule has 3 N–H and O–H groups in total. The first-order chi connectivity index (χ1) is 28.1. The lowest BCUT2D eigenvalue weighted by Crippen LogP contribution is -2.59. The summed E-state index contributed by atoms with van der Waals surface area (Å²) in [5, 5.41) is 17.7. The van der Waals surface area contributed by atoms with Crippen molar-refractivity contribution in [3.05, 3.63) is 71.2 Å². The SMILES string of the molecule is CC(C)(C)[C@@H]1Nc2nc(cs2)CCCCCCc2cccc(c2)-c2nn(nc2-c2ccccc2)[C@@H]2C[C@@H](C(=O)N[C@]3(C(=O)NS(=O)(=O)C4CC4)C[C@H]3C(F)F)N(C2)C1=O. The highest BCUT2D eigenvalue weighted by Gasteiger charge is 2.67. The maximum absolute atomic E-state index is 15.0. The van der Waals surface area contributed by atoms with E-state index in [-0.39, 0.29) is 13.0 Å². The summed E-state index contributed by atoms with van der Waals surface area (Å²) >= 11 is 1.40. The Morgan fingerprint density at radius 3 is 2.34 bits per heavy atom. The molecule has 59 heavy (non-hydrogen) atoms. The first-order valence-corrected chi connectivity index (χ1v) is 22.8. The number of halogens is 2. The fraction of sp³-hybridized carbons (Fsp3) is 0.524. The highest BCUT2D eigenvalue weighted by Crippen LogP contribution is 2.49. The number of aromatic nitrogens is 4. The average molecular weight is 849 g/mol. The van der Waals surface area contributed by atoms with Gasteiger partial charge in [-0.15, -0.1) is 11.3 Å². The lowest BCUT2D eigenvalue weighted by molar-refractivity contribution is -0.141. The van der Waals surface area contributed by atoms with Crippen molar-refractivity contribution in [1.29, 1.82) is 0 Å². The molecular formula is C42H50F2N8O5S2. The number of fused-ring (bicyclic) bond motifs is 10. The number of amides is 3. The van der Waals surface area contributed by atoms with Crippen molar-refractivity contribution < 1.29 is 31.6 Å². The molecule has 5 atom stereocenters. The Morgan fingerprint density at radius 2 is 1.66 bits per heavy atom. The van der Waals surface area contributed by atoms with E-state index in [1.807, 2.05) is 73.3 Å². The Bertz CT molecular complexity index is 2330. The molecule has 4 heterocycles. The van der Waals surface area contributed by atoms with Crippen molar-refractivity contribution in [3.63, 3.8) is 0 Å². The number of benzene rings is 2. The van der Waals surface area contributed by atoms with Crippen molar-refractivity contribution >= 4 is 44.2 Å². The largest absolute Gasteiger partial charge is 0.349 e. The molecule has 314 valence electrons. The topological polar surface area (TPSA) is 168 Å². The van der Waals surface area contributed by atoms with Crippen LogP contribution in [0.25, 0.3) is 22.5 Å². The molecular weight excluding hydrogens is 799 g/mol. The van der Waals surface area contributed by atoms with Gasteiger partial charge in [0.15, 0.2) is 5.13 Å². The van der Waals surface area contributed by atoms with Crippen LogP contribution in [-0.4, -0.2) is 86.9 Å². The normalized spacial score (nSPS) is 25.2. The first kappa shape index (κ1) is 41.0. The highest BCUT2D eigenvalue weighted by atomic mass is 32.2. The lowest BCUT2D eigenvalue weighted by atomic mass is 9.85. The van der Waals surface area contributed by atoms with Gasteiger partial charge >= 0.3 is 0 Å². The van der Waals surface area contributed by atoms with Gasteiger partial charge in [-0.05, 0) is 62.0 Å². The van der Waals surface area contributed by atoms with E-state index in [1.54, 1.807) is 0 Å². The number of thiazole rings is 1. The fourth-order valence-corrected chi connectivity index (χ4v) is 10.4. The summed E-state index contributed by atoms with van der Waals surface area (Å²) < 4.78 is 56.1. The van der Waals surface area contributed by atoms with Gasteiger partial charge in [0.1, 0.15) is 29.0 Å². The van der Waals surface area contributed by atoms with Gasteiger partial charge in [-0.3, -0.25) is 19.1 Å². The monoisotopic (exact) mass is 848 g/mol. The summed E-state index contributed by atoms with van der Waals surface area (Å²) in [5.41, 5.74) is 2.20. The molecule has 4 aliphatic rings. The van der Waals surface area contributed by atoms with Crippen LogP contribution in [0.2, 0.25) is 0 Å². The molecule has 4 aromatic rings. The minimum Gasteiger partial charge on any atom is -0.349 e. The Hall–Kier alpha value is -4.77. The van der Waals surface area contributed by atoms with Crippen molar-refractivity contribution in [3.8, 4) is 22.5 Å². The second-order valence-electron chi connectivity index (χ2n) is 17.5. The first-order valence-electron chi connectivity index (χ1n) is 20.4. The number of hydrogen-bond donors (Lipinski definition) is 3. The zero-order valence-corrected chi connectivity index (χ0v) is 35.0. The Kier molecular flexibility index (Phi) is 11.1. The summed E-state index contributed by atoms with van der Waals surface area (Å²) in [6.07, 6.45) is 3.07. The van der Waals surface area contributed by atoms with Crippen LogP contribution in [0.1, 0.15) is 89.4 Å². The summed E-state index contributed by atoms with van der Waals surface area (Å²) in [6, 6.07) is 15.1. The zero-order valence-electron chi connectivity index (χ0n) is 33.4. The van der Waals surface area contributed by atoms with Crippen LogP contribution in [0.4, 0.5) is 13.9 Å². The van der Waals surface area contributed by atoms with E-state index in [4.69, 9.17) is 15.2 Å². The second-order valence-corrected chi connectivity index (χ2v) is 20.3. The number of rotatable bonds is 7. The number of nitrogens with one attached hydrogen (secondary N) is 3. The van der Waals surface area contributed by atoms with E-state index in [9.17, 15) is 31.6 Å². The van der Waals surface area contributed by atoms with Crippen LogP contribution in [0.5, 0.6) is 0 Å². The summed E-state index contributed by atoms with van der Waals surface area (Å²) in [4.78, 5) is 50.8. The molecule has 17 heteroatoms. The third kappa shape index (κ3) is 8.63. The number of carbonyl (C=O) groups excluding carboxylic acids is 3. The minimum atomic E-state index is -4.11. The highest BCUT2D eigenvalue weighted by molar-refractivity contribution is 7.91. The molecule has 2 aliphatic heterocycles. The number of hydrogen-bond acceptors (Lipinski definition) is 10. The van der Waals surface area contributed by atoms with Gasteiger partial charge in [-0.1, -0.05) is 82.1 Å². The zero-order chi connectivity index (χ0) is 41.7. The van der Waals surface area contributed by atoms with E-state index in [0.717, 1.165) is 55.3 Å². The second kappa shape index (κ2) is 16.0. The molecule has 2 aromatic heterocycles. The molecule has 2 aromatic carbocycles. The predicted octanol–water partition coefficient (Wildman–Crippen LogP) is 6.14. The maximum atomic E-state index is 15.0. The van der Waals surface area contributed by atoms with Crippen LogP contribution in [0.3, 0.4) is 0 Å². The van der Waals surface area contributed by atoms with E-state index < -0.39 is 80.8 Å². The molecule has 0 unspecified atom stereocenters. The van der Waals surface area contributed by atoms with Gasteiger partial charge in [0.25, 0.3) is 5.91 Å². The maximum Gasteiger partial charge on any atom is 0.259 e. The molecule has 0 radical (unpaired) electrons. The summed E-state index contributed by atoms with van der Waals surface area (Å²) in [6.45, 7) is 5.70. The predicted molar refractivity (Wildman–Crippen MR) is 220 cm³/mol. The molecule has 13 nitrogen and oxygen atoms in total. The Balaban J connectivity index is 1.18. The molecule has 2 aliphatic carbocycles. The van der Waals surface area contributed by atoms with Crippen LogP contribution >= 0.6 is 11.3 Å². The summed E-state index contributed by atoms with van der Waals surface area (Å²) in [7, 11) is -4.11. The van der Waals surface area contributed by atoms with E-state index in [1.165, 1.54) is 26.6 Å². The van der Waals surface area contributed by atoms with E-state index >= 15 is 0 Å². The lowest BCUT2D eigenvalue weighted by Gasteiger charge is -2.35. The molecule has 0 spiro atoms. The van der Waals surface area contributed by atoms with Gasteiger partial charge in [0.05, 0.1) is 22.9 Å². The molecule has 2 saturated carbocycles. The molecule has 8 rings (SSSR count). The number of sulfonamides is 1. The molecule has 3 amide bonds. The van der Waals surface area contributed by atoms with Gasteiger partial charge < -0.3 is 15.5 Å². The molecule has 8 bridgehead atoms. The van der Waals surface area contributed by atoms with Crippen LogP contribution in [0.15, 0.2) is 60.0 Å². The van der Waals surface area contributed by atoms with E-state index in [2.05, 4.69) is 22.8 Å². The quantitative estimate of drug-likeness (QED) is 0.198. The van der Waals surface area contributed by atoms with Crippen LogP contribution in [0, 0.1) is 11.3 Å². The van der Waals surface area contributed by atoms with Crippen LogP contribution in [-0.2, 0) is 37.2 Å². The van der Waals surface area contributed by atoms with Crippen molar-refractivity contribution in [2.24, 2.45) is 11.3 Å². The number of carbonyl (C=O) groups is 3. The third-order valence-electron chi connectivity index (χ3n) is 11.9. The van der Waals surface area contributed by atoms with Crippen molar-refractivity contribution in [2.45, 2.75) is 120 Å². The molecule has 1 saturated heterocycles. The van der Waals surface area contributed by atoms with Gasteiger partial charge in [0, 0.05) is 29.5 Å². The van der Waals surface area contributed by atoms with Crippen LogP contribution < -0.4 is 15.4 Å². The van der Waals surface area contributed by atoms with Gasteiger partial charge in [-0.2, -0.15) is 15.0 Å². The van der Waals surface area contributed by atoms with Gasteiger partial charge in [0.2, 0.25) is 28.3 Å². The standard InChI is InChI=1S/C42H50F2N8O5S2/c1-41(2,3)35-38(54)51-23-29(21-32(51)37(53)47-42(22-31(42)36(43)44)39(55)50-59(56,57)30-18-19-30)52-48-33(26-14-8-6-9-15-26)34(49-52)27-16-11-13-25(20-27)12-7-4-5-10-17-28-24-58-40(45-28)46-35/h6,8-9,11,13-16,20,24,29-32,35-36H,4-5,7,10,12,17-19,21-23H2,1-3H3,(H,45,46)(H,47,53)(H,50,55)/t29-,31+,32+,35-,42-/m1/s1. The fourth-order valence-electron chi connectivity index (χ4n) is 8.27. The van der Waals surface area contributed by atoms with Crippen molar-refractivity contribution in [2.75, 3.05) is 11.9 Å². The Labute approximate surface area is 346 Å². The van der Waals surface area contributed by atoms with E-state index in [0.29, 0.717) is 29.4 Å². The average Bonchev–Trinajstić information content (AvgIpc) is 4.02. The minimum absolute atomic E-state index is 0.00432. The smallest absolute Gasteiger partial charge is 0.259 e. The number of nitrogens with zero attached hydrogens (tertiary/aromatic N) is 5. The summed E-state index contributed by atoms with van der Waals surface area (Å²) in [5.74, 6) is -4.07. The third-order valence-corrected chi connectivity index (χ3v) is 14.6. The van der Waals surface area contributed by atoms with Crippen molar-refractivity contribution in [1.82, 2.24) is 34.9 Å². The number of alkyl halides is 2.